The van der Waals surface area contributed by atoms with E-state index in [1.165, 1.54) is 0 Å². The van der Waals surface area contributed by atoms with Gasteiger partial charge in [0.1, 0.15) is 0 Å². The number of hydrogen-bond acceptors (Lipinski definition) is 3. The first kappa shape index (κ1) is 11.3. The van der Waals surface area contributed by atoms with Crippen LogP contribution < -0.4 is 5.32 Å². The predicted molar refractivity (Wildman–Crippen MR) is 64.5 cm³/mol. The number of nitrogens with one attached hydrogen (secondary N) is 2. The SMILES string of the molecule is CCc1cc(NC(=O)Cc2cccnc2)n[nH]1. The molecule has 0 spiro atoms. The average Bonchev–Trinajstić information content (AvgIpc) is 2.78. The second-order valence-corrected chi connectivity index (χ2v) is 3.72. The predicted octanol–water partition coefficient (Wildman–Crippen LogP) is 1.55. The van der Waals surface area contributed by atoms with Gasteiger partial charge in [-0.25, -0.2) is 0 Å². The molecule has 2 aromatic heterocycles. The molecule has 0 aliphatic rings. The highest BCUT2D eigenvalue weighted by Crippen LogP contribution is 2.06. The van der Waals surface area contributed by atoms with E-state index in [9.17, 15) is 4.79 Å². The first-order valence-corrected chi connectivity index (χ1v) is 5.51. The number of carbonyl (C=O) groups excluding carboxylic acids is 1. The molecule has 0 atom stereocenters. The van der Waals surface area contributed by atoms with Crippen molar-refractivity contribution in [3.63, 3.8) is 0 Å². The molecular formula is C12H14N4O. The van der Waals surface area contributed by atoms with Crippen molar-refractivity contribution in [3.8, 4) is 0 Å². The van der Waals surface area contributed by atoms with Crippen LogP contribution in [0.15, 0.2) is 30.6 Å². The summed E-state index contributed by atoms with van der Waals surface area (Å²) in [5.41, 5.74) is 1.89. The minimum atomic E-state index is -0.0906. The van der Waals surface area contributed by atoms with Gasteiger partial charge in [0.25, 0.3) is 0 Å². The highest BCUT2D eigenvalue weighted by molar-refractivity contribution is 5.91. The number of nitrogens with zero attached hydrogens (tertiary/aromatic N) is 2. The molecule has 0 radical (unpaired) electrons. The highest BCUT2D eigenvalue weighted by atomic mass is 16.1. The van der Waals surface area contributed by atoms with Crippen LogP contribution in [-0.2, 0) is 17.6 Å². The molecule has 1 amide bonds. The minimum absolute atomic E-state index is 0.0906. The summed E-state index contributed by atoms with van der Waals surface area (Å²) >= 11 is 0. The van der Waals surface area contributed by atoms with Crippen LogP contribution in [0.2, 0.25) is 0 Å². The maximum atomic E-state index is 11.7. The van der Waals surface area contributed by atoms with E-state index in [0.717, 1.165) is 17.7 Å². The standard InChI is InChI=1S/C12H14N4O/c1-2-10-7-11(16-15-10)14-12(17)6-9-4-3-5-13-8-9/h3-5,7-8H,2,6H2,1H3,(H2,14,15,16,17). The number of aromatic amines is 1. The largest absolute Gasteiger partial charge is 0.309 e. The summed E-state index contributed by atoms with van der Waals surface area (Å²) in [6.07, 6.45) is 4.54. The van der Waals surface area contributed by atoms with E-state index in [-0.39, 0.29) is 5.91 Å². The van der Waals surface area contributed by atoms with E-state index in [4.69, 9.17) is 0 Å². The normalized spacial score (nSPS) is 10.2. The molecule has 0 aliphatic heterocycles. The zero-order chi connectivity index (χ0) is 12.1. The van der Waals surface area contributed by atoms with Crippen LogP contribution in [0.3, 0.4) is 0 Å². The van der Waals surface area contributed by atoms with Gasteiger partial charge >= 0.3 is 0 Å². The molecule has 0 aliphatic carbocycles. The molecule has 0 unspecified atom stereocenters. The summed E-state index contributed by atoms with van der Waals surface area (Å²) in [5.74, 6) is 0.475. The van der Waals surface area contributed by atoms with Gasteiger partial charge in [-0.3, -0.25) is 14.9 Å². The van der Waals surface area contributed by atoms with Crippen LogP contribution in [0.5, 0.6) is 0 Å². The number of rotatable bonds is 4. The fourth-order valence-corrected chi connectivity index (χ4v) is 1.48. The van der Waals surface area contributed by atoms with E-state index in [1.807, 2.05) is 25.1 Å². The Hall–Kier alpha value is -2.17. The number of carbonyl (C=O) groups is 1. The maximum absolute atomic E-state index is 11.7. The van der Waals surface area contributed by atoms with Crippen molar-refractivity contribution >= 4 is 11.7 Å². The zero-order valence-corrected chi connectivity index (χ0v) is 9.60. The van der Waals surface area contributed by atoms with Crippen molar-refractivity contribution in [2.75, 3.05) is 5.32 Å². The molecule has 17 heavy (non-hydrogen) atoms. The zero-order valence-electron chi connectivity index (χ0n) is 9.60. The van der Waals surface area contributed by atoms with Gasteiger partial charge < -0.3 is 5.32 Å². The lowest BCUT2D eigenvalue weighted by atomic mass is 10.2. The summed E-state index contributed by atoms with van der Waals surface area (Å²) in [6.45, 7) is 2.02. The number of H-pyrrole nitrogens is 1. The lowest BCUT2D eigenvalue weighted by Gasteiger charge is -2.00. The van der Waals surface area contributed by atoms with E-state index >= 15 is 0 Å². The van der Waals surface area contributed by atoms with Gasteiger partial charge in [-0.1, -0.05) is 13.0 Å². The van der Waals surface area contributed by atoms with E-state index in [2.05, 4.69) is 20.5 Å². The van der Waals surface area contributed by atoms with Crippen molar-refractivity contribution in [1.82, 2.24) is 15.2 Å². The molecule has 0 fully saturated rings. The molecular weight excluding hydrogens is 216 g/mol. The quantitative estimate of drug-likeness (QED) is 0.837. The molecule has 2 heterocycles. The third kappa shape index (κ3) is 3.14. The van der Waals surface area contributed by atoms with Crippen LogP contribution in [0.1, 0.15) is 18.2 Å². The number of anilines is 1. The summed E-state index contributed by atoms with van der Waals surface area (Å²) in [6, 6.07) is 5.52. The summed E-state index contributed by atoms with van der Waals surface area (Å²) in [5, 5.41) is 9.58. The number of amides is 1. The lowest BCUT2D eigenvalue weighted by Crippen LogP contribution is -2.14. The fraction of sp³-hybridized carbons (Fsp3) is 0.250. The van der Waals surface area contributed by atoms with Crippen LogP contribution in [0.4, 0.5) is 5.82 Å². The first-order chi connectivity index (χ1) is 8.28. The maximum Gasteiger partial charge on any atom is 0.230 e. The van der Waals surface area contributed by atoms with Gasteiger partial charge in [0.2, 0.25) is 5.91 Å². The Labute approximate surface area is 99.3 Å². The molecule has 0 saturated carbocycles. The molecule has 0 aromatic carbocycles. The summed E-state index contributed by atoms with van der Waals surface area (Å²) < 4.78 is 0. The molecule has 0 saturated heterocycles. The molecule has 2 N–H and O–H groups in total. The second-order valence-electron chi connectivity index (χ2n) is 3.72. The van der Waals surface area contributed by atoms with Crippen LogP contribution in [-0.4, -0.2) is 21.1 Å². The highest BCUT2D eigenvalue weighted by Gasteiger charge is 2.06. The Morgan fingerprint density at radius 1 is 1.53 bits per heavy atom. The van der Waals surface area contributed by atoms with Crippen molar-refractivity contribution in [3.05, 3.63) is 41.9 Å². The second kappa shape index (κ2) is 5.25. The first-order valence-electron chi connectivity index (χ1n) is 5.51. The van der Waals surface area contributed by atoms with Gasteiger partial charge in [-0.05, 0) is 18.1 Å². The monoisotopic (exact) mass is 230 g/mol. The number of aryl methyl sites for hydroxylation is 1. The van der Waals surface area contributed by atoms with Crippen molar-refractivity contribution in [2.24, 2.45) is 0 Å². The Morgan fingerprint density at radius 3 is 3.06 bits per heavy atom. The third-order valence-electron chi connectivity index (χ3n) is 2.37. The molecule has 88 valence electrons. The fourth-order valence-electron chi connectivity index (χ4n) is 1.48. The third-order valence-corrected chi connectivity index (χ3v) is 2.37. The van der Waals surface area contributed by atoms with Gasteiger partial charge in [0.05, 0.1) is 6.42 Å². The molecule has 5 heteroatoms. The topological polar surface area (TPSA) is 70.7 Å². The van der Waals surface area contributed by atoms with Crippen LogP contribution in [0, 0.1) is 0 Å². The van der Waals surface area contributed by atoms with E-state index in [0.29, 0.717) is 12.2 Å². The van der Waals surface area contributed by atoms with E-state index < -0.39 is 0 Å². The van der Waals surface area contributed by atoms with Gasteiger partial charge in [-0.2, -0.15) is 5.10 Å². The molecule has 0 bridgehead atoms. The molecule has 2 rings (SSSR count). The molecule has 2 aromatic rings. The Kier molecular flexibility index (Phi) is 3.49. The Bertz CT molecular complexity index is 492. The number of pyridine rings is 1. The minimum Gasteiger partial charge on any atom is -0.309 e. The Balaban J connectivity index is 1.93. The summed E-state index contributed by atoms with van der Waals surface area (Å²) in [4.78, 5) is 15.6. The van der Waals surface area contributed by atoms with Crippen LogP contribution in [0.25, 0.3) is 0 Å². The van der Waals surface area contributed by atoms with Crippen molar-refractivity contribution < 1.29 is 4.79 Å². The van der Waals surface area contributed by atoms with Crippen molar-refractivity contribution in [2.45, 2.75) is 19.8 Å². The Morgan fingerprint density at radius 2 is 2.41 bits per heavy atom. The smallest absolute Gasteiger partial charge is 0.230 e. The average molecular weight is 230 g/mol. The van der Waals surface area contributed by atoms with E-state index in [1.54, 1.807) is 12.4 Å². The summed E-state index contributed by atoms with van der Waals surface area (Å²) in [7, 11) is 0. The number of hydrogen-bond donors (Lipinski definition) is 2. The number of aromatic nitrogens is 3. The van der Waals surface area contributed by atoms with Crippen molar-refractivity contribution in [1.29, 1.82) is 0 Å². The van der Waals surface area contributed by atoms with Gasteiger partial charge in [0.15, 0.2) is 5.82 Å². The molecule has 5 nitrogen and oxygen atoms in total. The van der Waals surface area contributed by atoms with Gasteiger partial charge in [-0.15, -0.1) is 0 Å². The lowest BCUT2D eigenvalue weighted by molar-refractivity contribution is -0.115. The van der Waals surface area contributed by atoms with Crippen LogP contribution >= 0.6 is 0 Å². The van der Waals surface area contributed by atoms with Gasteiger partial charge in [0, 0.05) is 24.2 Å².